The van der Waals surface area contributed by atoms with Crippen molar-refractivity contribution >= 4 is 43.3 Å². The molecule has 104 valence electrons. The Morgan fingerprint density at radius 1 is 1.68 bits per heavy atom. The van der Waals surface area contributed by atoms with Crippen molar-refractivity contribution in [1.29, 1.82) is 5.26 Å². The molecular formula is C10H11BrN2O4S2. The summed E-state index contributed by atoms with van der Waals surface area (Å²) in [5.41, 5.74) is 0. The first-order chi connectivity index (χ1) is 8.81. The summed E-state index contributed by atoms with van der Waals surface area (Å²) in [4.78, 5) is 10.6. The second-order valence-corrected chi connectivity index (χ2v) is 7.69. The molecule has 0 radical (unpaired) electrons. The lowest BCUT2D eigenvalue weighted by molar-refractivity contribution is 0.0702. The molecule has 0 aliphatic heterocycles. The first-order valence-corrected chi connectivity index (χ1v) is 8.33. The van der Waals surface area contributed by atoms with Crippen LogP contribution in [-0.4, -0.2) is 25.5 Å². The van der Waals surface area contributed by atoms with Crippen LogP contribution < -0.4 is 4.72 Å². The van der Waals surface area contributed by atoms with Gasteiger partial charge in [-0.1, -0.05) is 6.92 Å². The number of rotatable bonds is 6. The Hall–Kier alpha value is -0.950. The second kappa shape index (κ2) is 6.47. The molecule has 0 aliphatic rings. The van der Waals surface area contributed by atoms with Gasteiger partial charge in [0.25, 0.3) is 0 Å². The van der Waals surface area contributed by atoms with Crippen LogP contribution in [0.15, 0.2) is 14.7 Å². The molecule has 0 aliphatic carbocycles. The van der Waals surface area contributed by atoms with Crippen molar-refractivity contribution in [2.24, 2.45) is 0 Å². The van der Waals surface area contributed by atoms with Crippen LogP contribution in [0.2, 0.25) is 0 Å². The maximum absolute atomic E-state index is 12.1. The van der Waals surface area contributed by atoms with E-state index in [1.165, 1.54) is 0 Å². The van der Waals surface area contributed by atoms with Crippen molar-refractivity contribution in [2.75, 3.05) is 0 Å². The molecule has 2 N–H and O–H groups in total. The minimum Gasteiger partial charge on any atom is -0.477 e. The number of aromatic carboxylic acids is 1. The van der Waals surface area contributed by atoms with Crippen LogP contribution in [0.1, 0.15) is 29.4 Å². The second-order valence-electron chi connectivity index (χ2n) is 3.64. The van der Waals surface area contributed by atoms with Gasteiger partial charge in [-0.15, -0.1) is 11.3 Å². The van der Waals surface area contributed by atoms with E-state index in [9.17, 15) is 13.2 Å². The number of nitrogens with zero attached hydrogens (tertiary/aromatic N) is 1. The molecule has 1 aromatic rings. The highest BCUT2D eigenvalue weighted by atomic mass is 79.9. The number of nitrogens with one attached hydrogen (secondary N) is 1. The largest absolute Gasteiger partial charge is 0.477 e. The lowest BCUT2D eigenvalue weighted by Crippen LogP contribution is -2.34. The van der Waals surface area contributed by atoms with Gasteiger partial charge in [-0.3, -0.25) is 0 Å². The molecule has 0 aromatic carbocycles. The number of carbonyl (C=O) groups is 1. The SMILES string of the molecule is CCC(CC#N)NS(=O)(=O)c1cc(C(=O)O)sc1Br. The molecule has 9 heteroatoms. The highest BCUT2D eigenvalue weighted by molar-refractivity contribution is 9.11. The smallest absolute Gasteiger partial charge is 0.345 e. The van der Waals surface area contributed by atoms with E-state index in [2.05, 4.69) is 20.7 Å². The molecule has 0 fully saturated rings. The van der Waals surface area contributed by atoms with Crippen molar-refractivity contribution < 1.29 is 18.3 Å². The van der Waals surface area contributed by atoms with Crippen molar-refractivity contribution in [2.45, 2.75) is 30.7 Å². The van der Waals surface area contributed by atoms with E-state index in [4.69, 9.17) is 10.4 Å². The normalized spacial score (nSPS) is 12.9. The van der Waals surface area contributed by atoms with Gasteiger partial charge >= 0.3 is 5.97 Å². The minimum absolute atomic E-state index is 0.0588. The molecule has 1 heterocycles. The quantitative estimate of drug-likeness (QED) is 0.801. The predicted octanol–water partition coefficient (Wildman–Crippen LogP) is 2.18. The number of nitriles is 1. The standard InChI is InChI=1S/C10H11BrN2O4S2/c1-2-6(3-4-12)13-19(16,17)8-5-7(10(14)15)18-9(8)11/h5-6,13H,2-3H2,1H3,(H,14,15). The molecule has 0 bridgehead atoms. The van der Waals surface area contributed by atoms with Gasteiger partial charge in [0.1, 0.15) is 9.77 Å². The summed E-state index contributed by atoms with van der Waals surface area (Å²) in [6.45, 7) is 1.76. The average Bonchev–Trinajstić information content (AvgIpc) is 2.71. The highest BCUT2D eigenvalue weighted by Gasteiger charge is 2.25. The van der Waals surface area contributed by atoms with Gasteiger partial charge in [-0.2, -0.15) is 5.26 Å². The fourth-order valence-electron chi connectivity index (χ4n) is 1.30. The van der Waals surface area contributed by atoms with E-state index in [0.717, 1.165) is 17.4 Å². The Balaban J connectivity index is 3.07. The summed E-state index contributed by atoms with van der Waals surface area (Å²) in [7, 11) is -3.84. The van der Waals surface area contributed by atoms with E-state index >= 15 is 0 Å². The average molecular weight is 367 g/mol. The van der Waals surface area contributed by atoms with E-state index in [1.54, 1.807) is 6.92 Å². The van der Waals surface area contributed by atoms with Crippen molar-refractivity contribution in [3.63, 3.8) is 0 Å². The summed E-state index contributed by atoms with van der Waals surface area (Å²) < 4.78 is 26.8. The minimum atomic E-state index is -3.84. The third kappa shape index (κ3) is 4.01. The Morgan fingerprint density at radius 2 is 2.32 bits per heavy atom. The lowest BCUT2D eigenvalue weighted by atomic mass is 10.2. The first kappa shape index (κ1) is 16.1. The van der Waals surface area contributed by atoms with Crippen molar-refractivity contribution in [3.05, 3.63) is 14.7 Å². The zero-order chi connectivity index (χ0) is 14.6. The van der Waals surface area contributed by atoms with Gasteiger partial charge in [0.15, 0.2) is 0 Å². The molecule has 6 nitrogen and oxygen atoms in total. The fourth-order valence-corrected chi connectivity index (χ4v) is 5.03. The molecule has 0 amide bonds. The third-order valence-electron chi connectivity index (χ3n) is 2.31. The molecule has 1 rings (SSSR count). The van der Waals surface area contributed by atoms with E-state index < -0.39 is 22.0 Å². The summed E-state index contributed by atoms with van der Waals surface area (Å²) in [6.07, 6.45) is 0.531. The number of thiophene rings is 1. The maximum atomic E-state index is 12.1. The molecule has 0 saturated carbocycles. The number of hydrogen-bond donors (Lipinski definition) is 2. The van der Waals surface area contributed by atoms with Crippen LogP contribution in [0, 0.1) is 11.3 Å². The zero-order valence-electron chi connectivity index (χ0n) is 9.88. The molecule has 1 aromatic heterocycles. The van der Waals surface area contributed by atoms with E-state index in [1.807, 2.05) is 6.07 Å². The Labute approximate surface area is 123 Å². The van der Waals surface area contributed by atoms with Gasteiger partial charge in [0, 0.05) is 6.04 Å². The third-order valence-corrected chi connectivity index (χ3v) is 6.07. The lowest BCUT2D eigenvalue weighted by Gasteiger charge is -2.13. The maximum Gasteiger partial charge on any atom is 0.345 e. The fraction of sp³-hybridized carbons (Fsp3) is 0.400. The van der Waals surface area contributed by atoms with E-state index in [0.29, 0.717) is 6.42 Å². The molecule has 0 saturated heterocycles. The summed E-state index contributed by atoms with van der Waals surface area (Å²) in [5, 5.41) is 17.4. The number of halogens is 1. The van der Waals surface area contributed by atoms with Crippen LogP contribution in [0.3, 0.4) is 0 Å². The summed E-state index contributed by atoms with van der Waals surface area (Å²) in [6, 6.07) is 2.51. The monoisotopic (exact) mass is 366 g/mol. The van der Waals surface area contributed by atoms with Crippen LogP contribution in [0.5, 0.6) is 0 Å². The molecule has 0 spiro atoms. The van der Waals surface area contributed by atoms with E-state index in [-0.39, 0.29) is 20.0 Å². The number of carboxylic acid groups (broad SMARTS) is 1. The van der Waals surface area contributed by atoms with Crippen LogP contribution in [0.4, 0.5) is 0 Å². The topological polar surface area (TPSA) is 107 Å². The molecule has 19 heavy (non-hydrogen) atoms. The number of carboxylic acids is 1. The van der Waals surface area contributed by atoms with Crippen LogP contribution >= 0.6 is 27.3 Å². The van der Waals surface area contributed by atoms with Crippen molar-refractivity contribution in [1.82, 2.24) is 4.72 Å². The van der Waals surface area contributed by atoms with Gasteiger partial charge in [0.2, 0.25) is 10.0 Å². The van der Waals surface area contributed by atoms with Gasteiger partial charge in [0.05, 0.1) is 16.3 Å². The molecular weight excluding hydrogens is 356 g/mol. The van der Waals surface area contributed by atoms with Crippen LogP contribution in [0.25, 0.3) is 0 Å². The Morgan fingerprint density at radius 3 is 2.74 bits per heavy atom. The Kier molecular flexibility index (Phi) is 5.49. The molecule has 1 unspecified atom stereocenters. The highest BCUT2D eigenvalue weighted by Crippen LogP contribution is 2.31. The summed E-state index contributed by atoms with van der Waals surface area (Å²) >= 11 is 3.87. The number of hydrogen-bond acceptors (Lipinski definition) is 5. The Bertz CT molecular complexity index is 618. The summed E-state index contributed by atoms with van der Waals surface area (Å²) in [5.74, 6) is -1.18. The van der Waals surface area contributed by atoms with Crippen LogP contribution in [-0.2, 0) is 10.0 Å². The first-order valence-electron chi connectivity index (χ1n) is 5.23. The number of sulfonamides is 1. The molecule has 1 atom stereocenters. The van der Waals surface area contributed by atoms with Crippen molar-refractivity contribution in [3.8, 4) is 6.07 Å². The van der Waals surface area contributed by atoms with Gasteiger partial charge in [-0.05, 0) is 28.4 Å². The van der Waals surface area contributed by atoms with Gasteiger partial charge in [-0.25, -0.2) is 17.9 Å². The predicted molar refractivity (Wildman–Crippen MR) is 73.6 cm³/mol. The zero-order valence-corrected chi connectivity index (χ0v) is 13.1. The van der Waals surface area contributed by atoms with Gasteiger partial charge < -0.3 is 5.11 Å².